The Morgan fingerprint density at radius 1 is 1.67 bits per heavy atom. The molecule has 1 atom stereocenters. The lowest BCUT2D eigenvalue weighted by atomic mass is 10.1. The maximum absolute atomic E-state index is 5.76. The summed E-state index contributed by atoms with van der Waals surface area (Å²) >= 11 is 11.2. The molecule has 1 heterocycles. The summed E-state index contributed by atoms with van der Waals surface area (Å²) in [5.74, 6) is 1.02. The van der Waals surface area contributed by atoms with Gasteiger partial charge in [0, 0.05) is 29.6 Å². The van der Waals surface area contributed by atoms with Crippen LogP contribution in [0.3, 0.4) is 0 Å². The molecule has 1 N–H and O–H groups in total. The summed E-state index contributed by atoms with van der Waals surface area (Å²) in [6.07, 6.45) is 3.64. The molecule has 0 amide bonds. The first-order chi connectivity index (χ1) is 7.22. The van der Waals surface area contributed by atoms with Crippen LogP contribution in [0.1, 0.15) is 19.1 Å². The van der Waals surface area contributed by atoms with Crippen molar-refractivity contribution in [3.05, 3.63) is 34.7 Å². The summed E-state index contributed by atoms with van der Waals surface area (Å²) in [7, 11) is 0. The number of hydrogen-bond acceptors (Lipinski definition) is 2. The summed E-state index contributed by atoms with van der Waals surface area (Å²) in [6, 6.07) is 4.28. The largest absolute Gasteiger partial charge is 0.469 e. The highest BCUT2D eigenvalue weighted by molar-refractivity contribution is 6.36. The van der Waals surface area contributed by atoms with Crippen molar-refractivity contribution >= 4 is 23.2 Å². The third-order valence-electron chi connectivity index (χ3n) is 2.14. The van der Waals surface area contributed by atoms with Gasteiger partial charge in [0.05, 0.1) is 6.26 Å². The van der Waals surface area contributed by atoms with Crippen LogP contribution < -0.4 is 5.32 Å². The second-order valence-electron chi connectivity index (χ2n) is 3.46. The maximum Gasteiger partial charge on any atom is 0.103 e. The van der Waals surface area contributed by atoms with Gasteiger partial charge in [0.15, 0.2) is 0 Å². The van der Waals surface area contributed by atoms with Crippen molar-refractivity contribution in [2.75, 3.05) is 6.54 Å². The van der Waals surface area contributed by atoms with E-state index in [1.54, 1.807) is 6.26 Å². The Kier molecular flexibility index (Phi) is 5.84. The SMILES string of the molecule is CC(CCc1ccco1)NCC(Cl)=CCl. The van der Waals surface area contributed by atoms with E-state index in [1.165, 1.54) is 5.54 Å². The molecule has 0 aromatic carbocycles. The average Bonchev–Trinajstić information content (AvgIpc) is 2.75. The molecule has 1 rings (SSSR count). The Balaban J connectivity index is 2.16. The van der Waals surface area contributed by atoms with Crippen LogP contribution in [0.15, 0.2) is 33.4 Å². The average molecular weight is 248 g/mol. The molecule has 4 heteroatoms. The predicted molar refractivity (Wildman–Crippen MR) is 64.3 cm³/mol. The monoisotopic (exact) mass is 247 g/mol. The van der Waals surface area contributed by atoms with Gasteiger partial charge >= 0.3 is 0 Å². The lowest BCUT2D eigenvalue weighted by molar-refractivity contribution is 0.469. The molecule has 15 heavy (non-hydrogen) atoms. The topological polar surface area (TPSA) is 25.2 Å². The van der Waals surface area contributed by atoms with Crippen molar-refractivity contribution in [2.24, 2.45) is 0 Å². The normalized spacial score (nSPS) is 14.2. The molecule has 1 unspecified atom stereocenters. The number of nitrogens with one attached hydrogen (secondary N) is 1. The van der Waals surface area contributed by atoms with Crippen molar-refractivity contribution in [1.82, 2.24) is 5.32 Å². The second kappa shape index (κ2) is 6.94. The van der Waals surface area contributed by atoms with Gasteiger partial charge in [-0.05, 0) is 25.5 Å². The van der Waals surface area contributed by atoms with Gasteiger partial charge in [-0.2, -0.15) is 0 Å². The van der Waals surface area contributed by atoms with Crippen LogP contribution in [0.5, 0.6) is 0 Å². The van der Waals surface area contributed by atoms with Crippen molar-refractivity contribution in [1.29, 1.82) is 0 Å². The lowest BCUT2D eigenvalue weighted by Gasteiger charge is -2.12. The highest BCUT2D eigenvalue weighted by Gasteiger charge is 2.03. The molecule has 84 valence electrons. The number of aryl methyl sites for hydroxylation is 1. The van der Waals surface area contributed by atoms with E-state index < -0.39 is 0 Å². The van der Waals surface area contributed by atoms with E-state index in [0.29, 0.717) is 17.6 Å². The van der Waals surface area contributed by atoms with Crippen LogP contribution in [0, 0.1) is 0 Å². The van der Waals surface area contributed by atoms with E-state index in [1.807, 2.05) is 12.1 Å². The van der Waals surface area contributed by atoms with Gasteiger partial charge in [-0.1, -0.05) is 23.2 Å². The maximum atomic E-state index is 5.76. The summed E-state index contributed by atoms with van der Waals surface area (Å²) < 4.78 is 5.24. The molecule has 0 aliphatic heterocycles. The molecule has 0 fully saturated rings. The van der Waals surface area contributed by atoms with Gasteiger partial charge in [-0.15, -0.1) is 0 Å². The van der Waals surface area contributed by atoms with Crippen molar-refractivity contribution in [2.45, 2.75) is 25.8 Å². The number of hydrogen-bond donors (Lipinski definition) is 1. The van der Waals surface area contributed by atoms with Crippen molar-refractivity contribution in [3.63, 3.8) is 0 Å². The molecule has 1 aromatic rings. The van der Waals surface area contributed by atoms with Gasteiger partial charge in [-0.25, -0.2) is 0 Å². The predicted octanol–water partition coefficient (Wildman–Crippen LogP) is 3.51. The lowest BCUT2D eigenvalue weighted by Crippen LogP contribution is -2.27. The molecule has 0 saturated carbocycles. The minimum Gasteiger partial charge on any atom is -0.469 e. The minimum absolute atomic E-state index is 0.389. The first kappa shape index (κ1) is 12.6. The molecule has 2 nitrogen and oxygen atoms in total. The van der Waals surface area contributed by atoms with Gasteiger partial charge in [0.25, 0.3) is 0 Å². The standard InChI is InChI=1S/C11H15Cl2NO/c1-9(14-8-10(13)7-12)4-5-11-3-2-6-15-11/h2-3,6-7,9,14H,4-5,8H2,1H3. The Labute approximate surface area is 100 Å². The number of rotatable bonds is 6. The molecule has 0 saturated heterocycles. The van der Waals surface area contributed by atoms with Crippen LogP contribution in [-0.4, -0.2) is 12.6 Å². The zero-order valence-corrected chi connectivity index (χ0v) is 10.2. The van der Waals surface area contributed by atoms with E-state index in [0.717, 1.165) is 18.6 Å². The molecule has 0 bridgehead atoms. The van der Waals surface area contributed by atoms with E-state index in [9.17, 15) is 0 Å². The second-order valence-corrected chi connectivity index (χ2v) is 4.16. The van der Waals surface area contributed by atoms with Gasteiger partial charge < -0.3 is 9.73 Å². The Hall–Kier alpha value is -0.440. The summed E-state index contributed by atoms with van der Waals surface area (Å²) in [5, 5.41) is 3.90. The first-order valence-electron chi connectivity index (χ1n) is 4.93. The van der Waals surface area contributed by atoms with E-state index >= 15 is 0 Å². The highest BCUT2D eigenvalue weighted by Crippen LogP contribution is 2.07. The Morgan fingerprint density at radius 3 is 3.07 bits per heavy atom. The number of furan rings is 1. The van der Waals surface area contributed by atoms with Crippen LogP contribution in [-0.2, 0) is 6.42 Å². The molecule has 0 aliphatic rings. The third kappa shape index (κ3) is 5.26. The first-order valence-corrected chi connectivity index (χ1v) is 5.74. The van der Waals surface area contributed by atoms with Crippen LogP contribution in [0.2, 0.25) is 0 Å². The van der Waals surface area contributed by atoms with Gasteiger partial charge in [-0.3, -0.25) is 0 Å². The van der Waals surface area contributed by atoms with E-state index in [4.69, 9.17) is 27.6 Å². The molecule has 0 aliphatic carbocycles. The van der Waals surface area contributed by atoms with Crippen molar-refractivity contribution in [3.8, 4) is 0 Å². The zero-order chi connectivity index (χ0) is 11.1. The summed E-state index contributed by atoms with van der Waals surface area (Å²) in [4.78, 5) is 0. The van der Waals surface area contributed by atoms with Gasteiger partial charge in [0.1, 0.15) is 5.76 Å². The van der Waals surface area contributed by atoms with Crippen LogP contribution in [0.4, 0.5) is 0 Å². The Bertz CT molecular complexity index is 296. The Morgan fingerprint density at radius 2 is 2.47 bits per heavy atom. The fourth-order valence-electron chi connectivity index (χ4n) is 1.23. The zero-order valence-electron chi connectivity index (χ0n) is 8.67. The molecule has 0 radical (unpaired) electrons. The minimum atomic E-state index is 0.389. The summed E-state index contributed by atoms with van der Waals surface area (Å²) in [6.45, 7) is 2.73. The van der Waals surface area contributed by atoms with E-state index in [-0.39, 0.29) is 0 Å². The highest BCUT2D eigenvalue weighted by atomic mass is 35.5. The third-order valence-corrected chi connectivity index (χ3v) is 2.76. The van der Waals surface area contributed by atoms with Crippen LogP contribution >= 0.6 is 23.2 Å². The quantitative estimate of drug-likeness (QED) is 0.833. The fourth-order valence-corrected chi connectivity index (χ4v) is 1.38. The fraction of sp³-hybridized carbons (Fsp3) is 0.455. The summed E-state index contributed by atoms with van der Waals surface area (Å²) in [5.41, 5.74) is 1.38. The molecule has 0 spiro atoms. The molecular formula is C11H15Cl2NO. The smallest absolute Gasteiger partial charge is 0.103 e. The molecule has 1 aromatic heterocycles. The number of halogens is 2. The molecular weight excluding hydrogens is 233 g/mol. The van der Waals surface area contributed by atoms with Crippen molar-refractivity contribution < 1.29 is 4.42 Å². The van der Waals surface area contributed by atoms with Crippen LogP contribution in [0.25, 0.3) is 0 Å². The van der Waals surface area contributed by atoms with Gasteiger partial charge in [0.2, 0.25) is 0 Å². The van der Waals surface area contributed by atoms with E-state index in [2.05, 4.69) is 12.2 Å².